The lowest BCUT2D eigenvalue weighted by atomic mass is 10.0. The Balaban J connectivity index is 2.14. The number of hydrogen-bond donors (Lipinski definition) is 1. The molecule has 0 unspecified atom stereocenters. The van der Waals surface area contributed by atoms with E-state index in [0.29, 0.717) is 0 Å². The maximum Gasteiger partial charge on any atom is 0.183 e. The van der Waals surface area contributed by atoms with Crippen molar-refractivity contribution in [2.75, 3.05) is 11.9 Å². The molecule has 0 saturated carbocycles. The summed E-state index contributed by atoms with van der Waals surface area (Å²) < 4.78 is 0. The smallest absolute Gasteiger partial charge is 0.183 e. The van der Waals surface area contributed by atoms with Gasteiger partial charge >= 0.3 is 0 Å². The highest BCUT2D eigenvalue weighted by atomic mass is 32.1. The third-order valence-corrected chi connectivity index (χ3v) is 3.79. The van der Waals surface area contributed by atoms with Crippen molar-refractivity contribution in [1.82, 2.24) is 4.98 Å². The van der Waals surface area contributed by atoms with Gasteiger partial charge in [0.25, 0.3) is 0 Å². The first kappa shape index (κ1) is 9.97. The molecule has 3 heteroatoms. The van der Waals surface area contributed by atoms with E-state index in [-0.39, 0.29) is 0 Å². The van der Waals surface area contributed by atoms with E-state index in [1.165, 1.54) is 49.1 Å². The number of fused-ring (bicyclic) bond motifs is 1. The van der Waals surface area contributed by atoms with Crippen LogP contribution >= 0.6 is 11.3 Å². The number of anilines is 1. The molecule has 0 aliphatic heterocycles. The van der Waals surface area contributed by atoms with Crippen molar-refractivity contribution in [3.63, 3.8) is 0 Å². The molecule has 0 radical (unpaired) electrons. The zero-order valence-corrected chi connectivity index (χ0v) is 9.62. The lowest BCUT2D eigenvalue weighted by Crippen LogP contribution is -1.98. The first-order chi connectivity index (χ1) is 6.90. The van der Waals surface area contributed by atoms with Crippen LogP contribution in [0.4, 0.5) is 5.13 Å². The van der Waals surface area contributed by atoms with Crippen LogP contribution in [0, 0.1) is 0 Å². The Kier molecular flexibility index (Phi) is 3.40. The SMILES string of the molecule is CCNc1nc2c(s1)CCCCCC2. The van der Waals surface area contributed by atoms with Crippen molar-refractivity contribution < 1.29 is 0 Å². The van der Waals surface area contributed by atoms with Crippen molar-refractivity contribution in [2.45, 2.75) is 45.4 Å². The summed E-state index contributed by atoms with van der Waals surface area (Å²) >= 11 is 1.86. The molecule has 1 N–H and O–H groups in total. The monoisotopic (exact) mass is 210 g/mol. The Hall–Kier alpha value is -0.570. The Morgan fingerprint density at radius 3 is 2.79 bits per heavy atom. The summed E-state index contributed by atoms with van der Waals surface area (Å²) in [4.78, 5) is 6.18. The van der Waals surface area contributed by atoms with Crippen molar-refractivity contribution in [3.8, 4) is 0 Å². The predicted molar refractivity (Wildman–Crippen MR) is 62.2 cm³/mol. The quantitative estimate of drug-likeness (QED) is 0.810. The summed E-state index contributed by atoms with van der Waals surface area (Å²) in [6.45, 7) is 3.10. The van der Waals surface area contributed by atoms with Crippen molar-refractivity contribution in [2.24, 2.45) is 0 Å². The third kappa shape index (κ3) is 2.27. The third-order valence-electron chi connectivity index (χ3n) is 2.67. The first-order valence-electron chi connectivity index (χ1n) is 5.62. The summed E-state index contributed by atoms with van der Waals surface area (Å²) in [5, 5.41) is 4.44. The number of aromatic nitrogens is 1. The van der Waals surface area contributed by atoms with Crippen molar-refractivity contribution in [3.05, 3.63) is 10.6 Å². The Bertz CT molecular complexity index is 268. The van der Waals surface area contributed by atoms with Crippen LogP contribution in [0.15, 0.2) is 0 Å². The molecule has 0 amide bonds. The molecule has 0 aromatic carbocycles. The molecule has 0 atom stereocenters. The summed E-state index contributed by atoms with van der Waals surface area (Å²) in [6, 6.07) is 0. The fraction of sp³-hybridized carbons (Fsp3) is 0.727. The second kappa shape index (κ2) is 4.78. The zero-order chi connectivity index (χ0) is 9.80. The molecule has 1 aliphatic rings. The molecule has 2 rings (SSSR count). The van der Waals surface area contributed by atoms with E-state index in [0.717, 1.165) is 11.7 Å². The number of aryl methyl sites for hydroxylation is 2. The van der Waals surface area contributed by atoms with Crippen LogP contribution in [0.2, 0.25) is 0 Å². The zero-order valence-electron chi connectivity index (χ0n) is 8.81. The van der Waals surface area contributed by atoms with E-state index in [4.69, 9.17) is 0 Å². The number of rotatable bonds is 2. The minimum absolute atomic E-state index is 0.979. The van der Waals surface area contributed by atoms with Gasteiger partial charge in [0.1, 0.15) is 0 Å². The van der Waals surface area contributed by atoms with Crippen LogP contribution in [0.5, 0.6) is 0 Å². The van der Waals surface area contributed by atoms with Gasteiger partial charge < -0.3 is 5.32 Å². The molecular weight excluding hydrogens is 192 g/mol. The molecule has 0 fully saturated rings. The van der Waals surface area contributed by atoms with Gasteiger partial charge in [-0.05, 0) is 32.6 Å². The van der Waals surface area contributed by atoms with Crippen LogP contribution in [0.25, 0.3) is 0 Å². The molecule has 1 aromatic heterocycles. The Morgan fingerprint density at radius 2 is 2.00 bits per heavy atom. The van der Waals surface area contributed by atoms with Gasteiger partial charge in [-0.15, -0.1) is 11.3 Å². The minimum Gasteiger partial charge on any atom is -0.362 e. The summed E-state index contributed by atoms with van der Waals surface area (Å²) in [5.41, 5.74) is 1.37. The summed E-state index contributed by atoms with van der Waals surface area (Å²) in [5.74, 6) is 0. The number of hydrogen-bond acceptors (Lipinski definition) is 3. The molecule has 0 saturated heterocycles. The lowest BCUT2D eigenvalue weighted by Gasteiger charge is -2.06. The topological polar surface area (TPSA) is 24.9 Å². The molecule has 1 aliphatic carbocycles. The summed E-state index contributed by atoms with van der Waals surface area (Å²) in [7, 11) is 0. The van der Waals surface area contributed by atoms with Gasteiger partial charge in [0.05, 0.1) is 5.69 Å². The van der Waals surface area contributed by atoms with Crippen LogP contribution in [0.3, 0.4) is 0 Å². The van der Waals surface area contributed by atoms with E-state index in [9.17, 15) is 0 Å². The van der Waals surface area contributed by atoms with Gasteiger partial charge in [-0.3, -0.25) is 0 Å². The van der Waals surface area contributed by atoms with E-state index in [1.54, 1.807) is 0 Å². The maximum absolute atomic E-state index is 4.65. The van der Waals surface area contributed by atoms with Gasteiger partial charge in [0, 0.05) is 11.4 Å². The number of nitrogens with one attached hydrogen (secondary N) is 1. The Morgan fingerprint density at radius 1 is 1.21 bits per heavy atom. The second-order valence-corrected chi connectivity index (χ2v) is 4.92. The second-order valence-electron chi connectivity index (χ2n) is 3.83. The van der Waals surface area contributed by atoms with E-state index < -0.39 is 0 Å². The van der Waals surface area contributed by atoms with Gasteiger partial charge in [-0.2, -0.15) is 0 Å². The lowest BCUT2D eigenvalue weighted by molar-refractivity contribution is 0.616. The highest BCUT2D eigenvalue weighted by molar-refractivity contribution is 7.15. The first-order valence-corrected chi connectivity index (χ1v) is 6.44. The molecule has 78 valence electrons. The number of thiazole rings is 1. The van der Waals surface area contributed by atoms with E-state index in [2.05, 4.69) is 17.2 Å². The predicted octanol–water partition coefficient (Wildman–Crippen LogP) is 3.23. The molecule has 1 heterocycles. The van der Waals surface area contributed by atoms with Gasteiger partial charge in [0.2, 0.25) is 0 Å². The van der Waals surface area contributed by atoms with Crippen LogP contribution < -0.4 is 5.32 Å². The van der Waals surface area contributed by atoms with Crippen molar-refractivity contribution in [1.29, 1.82) is 0 Å². The molecular formula is C11H18N2S. The molecule has 1 aromatic rings. The fourth-order valence-electron chi connectivity index (χ4n) is 1.93. The van der Waals surface area contributed by atoms with Crippen LogP contribution in [-0.2, 0) is 12.8 Å². The van der Waals surface area contributed by atoms with Gasteiger partial charge in [-0.1, -0.05) is 12.8 Å². The fourth-order valence-corrected chi connectivity index (χ4v) is 3.05. The molecule has 0 spiro atoms. The maximum atomic E-state index is 4.65. The normalized spacial score (nSPS) is 16.9. The molecule has 14 heavy (non-hydrogen) atoms. The molecule has 0 bridgehead atoms. The van der Waals surface area contributed by atoms with Crippen molar-refractivity contribution >= 4 is 16.5 Å². The molecule has 2 nitrogen and oxygen atoms in total. The van der Waals surface area contributed by atoms with E-state index >= 15 is 0 Å². The average molecular weight is 210 g/mol. The van der Waals surface area contributed by atoms with Crippen LogP contribution in [0.1, 0.15) is 43.2 Å². The summed E-state index contributed by atoms with van der Waals surface area (Å²) in [6.07, 6.45) is 7.89. The van der Waals surface area contributed by atoms with Gasteiger partial charge in [-0.25, -0.2) is 4.98 Å². The van der Waals surface area contributed by atoms with E-state index in [1.807, 2.05) is 11.3 Å². The highest BCUT2D eigenvalue weighted by Crippen LogP contribution is 2.28. The average Bonchev–Trinajstić information content (AvgIpc) is 2.48. The standard InChI is InChI=1S/C11H18N2S/c1-2-12-11-13-9-7-5-3-4-6-8-10(9)14-11/h2-8H2,1H3,(H,12,13). The highest BCUT2D eigenvalue weighted by Gasteiger charge is 2.12. The van der Waals surface area contributed by atoms with Gasteiger partial charge in [0.15, 0.2) is 5.13 Å². The Labute approximate surface area is 89.8 Å². The number of nitrogens with zero attached hydrogens (tertiary/aromatic N) is 1. The van der Waals surface area contributed by atoms with Crippen LogP contribution in [-0.4, -0.2) is 11.5 Å². The minimum atomic E-state index is 0.979. The largest absolute Gasteiger partial charge is 0.362 e.